The lowest BCUT2D eigenvalue weighted by Crippen LogP contribution is -2.39. The smallest absolute Gasteiger partial charge is 0.141 e. The highest BCUT2D eigenvalue weighted by molar-refractivity contribution is 5.04. The van der Waals surface area contributed by atoms with Crippen molar-refractivity contribution >= 4 is 0 Å². The van der Waals surface area contributed by atoms with Gasteiger partial charge in [-0.05, 0) is 12.8 Å². The quantitative estimate of drug-likeness (QED) is 0.821. The van der Waals surface area contributed by atoms with Crippen LogP contribution in [0.3, 0.4) is 0 Å². The topological polar surface area (TPSA) is 47.3 Å². The number of imidazole rings is 1. The van der Waals surface area contributed by atoms with Gasteiger partial charge in [0.05, 0.1) is 0 Å². The molecular formula is C13H22N2O2. The molecule has 4 heteroatoms. The van der Waals surface area contributed by atoms with Crippen LogP contribution in [0.15, 0.2) is 12.4 Å². The maximum atomic E-state index is 10.6. The van der Waals surface area contributed by atoms with E-state index >= 15 is 0 Å². The van der Waals surface area contributed by atoms with E-state index in [2.05, 4.69) is 4.98 Å². The van der Waals surface area contributed by atoms with E-state index < -0.39 is 11.7 Å². The van der Waals surface area contributed by atoms with Gasteiger partial charge in [0.15, 0.2) is 0 Å². The van der Waals surface area contributed by atoms with Gasteiger partial charge in [-0.1, -0.05) is 25.7 Å². The minimum absolute atomic E-state index is 0.449. The molecule has 1 aliphatic rings. The lowest BCUT2D eigenvalue weighted by molar-refractivity contribution is -0.118. The minimum Gasteiger partial charge on any atom is -0.382 e. The number of aliphatic hydroxyl groups excluding tert-OH is 1. The molecule has 0 saturated heterocycles. The summed E-state index contributed by atoms with van der Waals surface area (Å²) >= 11 is 0. The Labute approximate surface area is 103 Å². The summed E-state index contributed by atoms with van der Waals surface area (Å²) in [7, 11) is 3.61. The summed E-state index contributed by atoms with van der Waals surface area (Å²) in [6.45, 7) is 0. The maximum absolute atomic E-state index is 10.6. The van der Waals surface area contributed by atoms with E-state index in [0.717, 1.165) is 25.7 Å². The van der Waals surface area contributed by atoms with Crippen LogP contribution in [0.5, 0.6) is 0 Å². The first-order valence-corrected chi connectivity index (χ1v) is 6.40. The van der Waals surface area contributed by atoms with E-state index in [1.807, 2.05) is 17.8 Å². The molecule has 17 heavy (non-hydrogen) atoms. The van der Waals surface area contributed by atoms with Crippen LogP contribution in [0.1, 0.15) is 50.5 Å². The first-order chi connectivity index (χ1) is 8.19. The third-order valence-electron chi connectivity index (χ3n) is 3.96. The molecule has 2 rings (SSSR count). The van der Waals surface area contributed by atoms with Crippen LogP contribution in [0.25, 0.3) is 0 Å². The molecule has 96 valence electrons. The van der Waals surface area contributed by atoms with Crippen molar-refractivity contribution in [3.8, 4) is 0 Å². The van der Waals surface area contributed by atoms with Gasteiger partial charge in [-0.2, -0.15) is 0 Å². The molecule has 1 saturated carbocycles. The number of nitrogens with zero attached hydrogens (tertiary/aromatic N) is 2. The van der Waals surface area contributed by atoms with E-state index in [0.29, 0.717) is 5.82 Å². The van der Waals surface area contributed by atoms with Gasteiger partial charge in [-0.15, -0.1) is 0 Å². The summed E-state index contributed by atoms with van der Waals surface area (Å²) in [5.74, 6) is 0.703. The number of aromatic nitrogens is 2. The molecular weight excluding hydrogens is 216 g/mol. The molecule has 1 unspecified atom stereocenters. The first kappa shape index (κ1) is 12.6. The normalized spacial score (nSPS) is 22.1. The van der Waals surface area contributed by atoms with Gasteiger partial charge in [0.2, 0.25) is 0 Å². The summed E-state index contributed by atoms with van der Waals surface area (Å²) in [6, 6.07) is 0. The van der Waals surface area contributed by atoms with Crippen molar-refractivity contribution in [2.45, 2.75) is 50.2 Å². The van der Waals surface area contributed by atoms with E-state index in [-0.39, 0.29) is 0 Å². The second-order valence-corrected chi connectivity index (χ2v) is 4.98. The molecule has 0 amide bonds. The van der Waals surface area contributed by atoms with Crippen LogP contribution in [0.2, 0.25) is 0 Å². The Morgan fingerprint density at radius 3 is 2.47 bits per heavy atom. The summed E-state index contributed by atoms with van der Waals surface area (Å²) in [5, 5.41) is 10.6. The van der Waals surface area contributed by atoms with Gasteiger partial charge in [-0.25, -0.2) is 4.98 Å². The van der Waals surface area contributed by atoms with Crippen molar-refractivity contribution in [2.24, 2.45) is 7.05 Å². The van der Waals surface area contributed by atoms with Crippen LogP contribution in [-0.4, -0.2) is 27.4 Å². The molecule has 0 bridgehead atoms. The van der Waals surface area contributed by atoms with E-state index in [9.17, 15) is 5.11 Å². The van der Waals surface area contributed by atoms with Gasteiger partial charge in [0, 0.05) is 26.6 Å². The molecule has 0 spiro atoms. The minimum atomic E-state index is -0.634. The molecule has 1 N–H and O–H groups in total. The fourth-order valence-corrected chi connectivity index (χ4v) is 2.79. The standard InChI is InChI=1S/C13H22N2O2/c1-15-10-9-14-12(15)11(16)13(17-2)7-5-3-4-6-8-13/h9-11,16H,3-8H2,1-2H3. The summed E-state index contributed by atoms with van der Waals surface area (Å²) in [5.41, 5.74) is -0.449. The first-order valence-electron chi connectivity index (χ1n) is 6.40. The van der Waals surface area contributed by atoms with Crippen molar-refractivity contribution in [1.82, 2.24) is 9.55 Å². The second kappa shape index (κ2) is 5.19. The van der Waals surface area contributed by atoms with Crippen molar-refractivity contribution in [3.05, 3.63) is 18.2 Å². The highest BCUT2D eigenvalue weighted by Crippen LogP contribution is 2.39. The number of ether oxygens (including phenoxy) is 1. The Bertz CT molecular complexity index is 354. The molecule has 0 radical (unpaired) electrons. The number of methoxy groups -OCH3 is 1. The number of rotatable bonds is 3. The molecule has 1 aromatic heterocycles. The molecule has 1 fully saturated rings. The Morgan fingerprint density at radius 2 is 2.00 bits per heavy atom. The van der Waals surface area contributed by atoms with Crippen molar-refractivity contribution in [2.75, 3.05) is 7.11 Å². The van der Waals surface area contributed by atoms with E-state index in [4.69, 9.17) is 4.74 Å². The number of hydrogen-bond donors (Lipinski definition) is 1. The van der Waals surface area contributed by atoms with Crippen LogP contribution in [0.4, 0.5) is 0 Å². The van der Waals surface area contributed by atoms with Crippen LogP contribution in [-0.2, 0) is 11.8 Å². The fourth-order valence-electron chi connectivity index (χ4n) is 2.79. The van der Waals surface area contributed by atoms with E-state index in [1.54, 1.807) is 13.3 Å². The van der Waals surface area contributed by atoms with Gasteiger partial charge in [0.25, 0.3) is 0 Å². The summed E-state index contributed by atoms with van der Waals surface area (Å²) in [6.07, 6.45) is 9.49. The van der Waals surface area contributed by atoms with Crippen molar-refractivity contribution < 1.29 is 9.84 Å². The Balaban J connectivity index is 2.24. The predicted octanol–water partition coefficient (Wildman–Crippen LogP) is 2.19. The molecule has 1 atom stereocenters. The highest BCUT2D eigenvalue weighted by Gasteiger charge is 2.40. The molecule has 0 aromatic carbocycles. The average Bonchev–Trinajstić information content (AvgIpc) is 2.64. The van der Waals surface area contributed by atoms with Crippen molar-refractivity contribution in [3.63, 3.8) is 0 Å². The van der Waals surface area contributed by atoms with Gasteiger partial charge < -0.3 is 14.4 Å². The zero-order chi connectivity index (χ0) is 12.3. The fraction of sp³-hybridized carbons (Fsp3) is 0.769. The third-order valence-corrected chi connectivity index (χ3v) is 3.96. The average molecular weight is 238 g/mol. The third kappa shape index (κ3) is 2.38. The molecule has 1 aliphatic carbocycles. The zero-order valence-electron chi connectivity index (χ0n) is 10.7. The lowest BCUT2D eigenvalue weighted by Gasteiger charge is -2.35. The predicted molar refractivity (Wildman–Crippen MR) is 65.6 cm³/mol. The Hall–Kier alpha value is -0.870. The summed E-state index contributed by atoms with van der Waals surface area (Å²) in [4.78, 5) is 4.25. The van der Waals surface area contributed by atoms with Crippen LogP contribution in [0, 0.1) is 0 Å². The monoisotopic (exact) mass is 238 g/mol. The summed E-state index contributed by atoms with van der Waals surface area (Å²) < 4.78 is 7.57. The largest absolute Gasteiger partial charge is 0.382 e. The van der Waals surface area contributed by atoms with Crippen LogP contribution >= 0.6 is 0 Å². The van der Waals surface area contributed by atoms with E-state index in [1.165, 1.54) is 12.8 Å². The maximum Gasteiger partial charge on any atom is 0.141 e. The number of aliphatic hydroxyl groups is 1. The number of aryl methyl sites for hydroxylation is 1. The highest BCUT2D eigenvalue weighted by atomic mass is 16.5. The molecule has 4 nitrogen and oxygen atoms in total. The Morgan fingerprint density at radius 1 is 1.35 bits per heavy atom. The molecule has 1 aromatic rings. The lowest BCUT2D eigenvalue weighted by atomic mass is 9.87. The zero-order valence-corrected chi connectivity index (χ0v) is 10.7. The van der Waals surface area contributed by atoms with Gasteiger partial charge >= 0.3 is 0 Å². The van der Waals surface area contributed by atoms with Crippen LogP contribution < -0.4 is 0 Å². The Kier molecular flexibility index (Phi) is 3.84. The number of hydrogen-bond acceptors (Lipinski definition) is 3. The van der Waals surface area contributed by atoms with Gasteiger partial charge in [-0.3, -0.25) is 0 Å². The second-order valence-electron chi connectivity index (χ2n) is 4.98. The SMILES string of the molecule is COC1(C(O)c2nccn2C)CCCCCC1. The molecule has 0 aliphatic heterocycles. The molecule has 1 heterocycles. The van der Waals surface area contributed by atoms with Crippen molar-refractivity contribution in [1.29, 1.82) is 0 Å². The van der Waals surface area contributed by atoms with Gasteiger partial charge in [0.1, 0.15) is 17.5 Å².